The number of carbonyl (C=O) groups is 1. The number of nitrogens with one attached hydrogen (secondary N) is 1. The molecule has 3 aromatic rings. The topological polar surface area (TPSA) is 58.1 Å². The Bertz CT molecular complexity index is 893. The fourth-order valence-electron chi connectivity index (χ4n) is 3.20. The Labute approximate surface area is 152 Å². The molecule has 0 atom stereocenters. The van der Waals surface area contributed by atoms with Crippen molar-refractivity contribution in [2.24, 2.45) is 0 Å². The van der Waals surface area contributed by atoms with E-state index < -0.39 is 0 Å². The first-order chi connectivity index (χ1) is 12.8. The van der Waals surface area contributed by atoms with Crippen LogP contribution < -0.4 is 10.2 Å². The standard InChI is InChI=1S/C21H20N4O/c26-21(24-13-16-7-10-22-11-8-16)20-6-5-19(14-23-20)25-12-9-17-3-1-2-4-18(17)15-25/h1-8,10-11,14H,9,12-13,15H2,(H,24,26). The number of benzene rings is 1. The zero-order chi connectivity index (χ0) is 17.8. The van der Waals surface area contributed by atoms with Crippen LogP contribution in [0, 0.1) is 0 Å². The highest BCUT2D eigenvalue weighted by molar-refractivity contribution is 5.92. The molecule has 0 fully saturated rings. The van der Waals surface area contributed by atoms with Crippen molar-refractivity contribution in [3.8, 4) is 0 Å². The van der Waals surface area contributed by atoms with Crippen LogP contribution in [0.3, 0.4) is 0 Å². The first kappa shape index (κ1) is 16.3. The highest BCUT2D eigenvalue weighted by Gasteiger charge is 2.17. The second kappa shape index (κ2) is 7.35. The normalized spacial score (nSPS) is 13.2. The maximum absolute atomic E-state index is 12.3. The third kappa shape index (κ3) is 3.57. The minimum Gasteiger partial charge on any atom is -0.366 e. The summed E-state index contributed by atoms with van der Waals surface area (Å²) in [6, 6.07) is 16.1. The number of carbonyl (C=O) groups excluding carboxylic acids is 1. The van der Waals surface area contributed by atoms with E-state index in [4.69, 9.17) is 0 Å². The zero-order valence-electron chi connectivity index (χ0n) is 14.4. The van der Waals surface area contributed by atoms with E-state index in [2.05, 4.69) is 44.5 Å². The average Bonchev–Trinajstić information content (AvgIpc) is 2.72. The van der Waals surface area contributed by atoms with Gasteiger partial charge < -0.3 is 10.2 Å². The number of rotatable bonds is 4. The summed E-state index contributed by atoms with van der Waals surface area (Å²) in [6.07, 6.45) is 6.25. The molecule has 1 aromatic carbocycles. The smallest absolute Gasteiger partial charge is 0.270 e. The van der Waals surface area contributed by atoms with Crippen LogP contribution in [0.15, 0.2) is 67.1 Å². The zero-order valence-corrected chi connectivity index (χ0v) is 14.4. The van der Waals surface area contributed by atoms with Gasteiger partial charge in [-0.3, -0.25) is 9.78 Å². The number of hydrogen-bond donors (Lipinski definition) is 1. The molecular weight excluding hydrogens is 324 g/mol. The van der Waals surface area contributed by atoms with Crippen LogP contribution in [0.5, 0.6) is 0 Å². The molecule has 0 bridgehead atoms. The minimum absolute atomic E-state index is 0.169. The minimum atomic E-state index is -0.169. The molecule has 5 nitrogen and oxygen atoms in total. The van der Waals surface area contributed by atoms with Crippen molar-refractivity contribution in [3.05, 3.63) is 89.5 Å². The second-order valence-corrected chi connectivity index (χ2v) is 6.38. The Morgan fingerprint density at radius 3 is 2.62 bits per heavy atom. The van der Waals surface area contributed by atoms with Gasteiger partial charge in [0.2, 0.25) is 0 Å². The average molecular weight is 344 g/mol. The molecule has 0 unspecified atom stereocenters. The Balaban J connectivity index is 1.40. The molecular formula is C21H20N4O. The maximum atomic E-state index is 12.3. The van der Waals surface area contributed by atoms with Crippen molar-refractivity contribution >= 4 is 11.6 Å². The first-order valence-electron chi connectivity index (χ1n) is 8.74. The highest BCUT2D eigenvalue weighted by Crippen LogP contribution is 2.23. The van der Waals surface area contributed by atoms with E-state index in [-0.39, 0.29) is 5.91 Å². The molecule has 0 saturated carbocycles. The third-order valence-corrected chi connectivity index (χ3v) is 4.68. The highest BCUT2D eigenvalue weighted by atomic mass is 16.1. The Hall–Kier alpha value is -3.21. The molecule has 4 rings (SSSR count). The predicted molar refractivity (Wildman–Crippen MR) is 101 cm³/mol. The van der Waals surface area contributed by atoms with E-state index in [1.165, 1.54) is 11.1 Å². The van der Waals surface area contributed by atoms with E-state index in [9.17, 15) is 4.79 Å². The molecule has 0 saturated heterocycles. The number of aromatic nitrogens is 2. The quantitative estimate of drug-likeness (QED) is 0.790. The predicted octanol–water partition coefficient (Wildman–Crippen LogP) is 2.97. The monoisotopic (exact) mass is 344 g/mol. The van der Waals surface area contributed by atoms with E-state index in [0.29, 0.717) is 12.2 Å². The van der Waals surface area contributed by atoms with Crippen molar-refractivity contribution in [1.29, 1.82) is 0 Å². The number of pyridine rings is 2. The van der Waals surface area contributed by atoms with Gasteiger partial charge in [-0.15, -0.1) is 0 Å². The van der Waals surface area contributed by atoms with Crippen LogP contribution in [0.1, 0.15) is 27.2 Å². The molecule has 0 aliphatic carbocycles. The van der Waals surface area contributed by atoms with Gasteiger partial charge in [-0.2, -0.15) is 0 Å². The number of fused-ring (bicyclic) bond motifs is 1. The summed E-state index contributed by atoms with van der Waals surface area (Å²) >= 11 is 0. The molecule has 1 amide bonds. The molecule has 1 aliphatic heterocycles. The molecule has 130 valence electrons. The van der Waals surface area contributed by atoms with Crippen molar-refractivity contribution < 1.29 is 4.79 Å². The largest absolute Gasteiger partial charge is 0.366 e. The van der Waals surface area contributed by atoms with Crippen LogP contribution in [-0.4, -0.2) is 22.4 Å². The number of anilines is 1. The van der Waals surface area contributed by atoms with Crippen molar-refractivity contribution in [3.63, 3.8) is 0 Å². The molecule has 2 aromatic heterocycles. The summed E-state index contributed by atoms with van der Waals surface area (Å²) in [4.78, 5) is 22.9. The summed E-state index contributed by atoms with van der Waals surface area (Å²) in [5, 5.41) is 2.88. The van der Waals surface area contributed by atoms with Gasteiger partial charge in [-0.05, 0) is 47.4 Å². The van der Waals surface area contributed by atoms with Crippen LogP contribution >= 0.6 is 0 Å². The van der Waals surface area contributed by atoms with Crippen LogP contribution in [0.4, 0.5) is 5.69 Å². The molecule has 0 spiro atoms. The van der Waals surface area contributed by atoms with Gasteiger partial charge in [0.15, 0.2) is 0 Å². The fourth-order valence-corrected chi connectivity index (χ4v) is 3.20. The van der Waals surface area contributed by atoms with Gasteiger partial charge in [0.05, 0.1) is 11.9 Å². The van der Waals surface area contributed by atoms with E-state index in [1.807, 2.05) is 18.2 Å². The molecule has 0 radical (unpaired) electrons. The third-order valence-electron chi connectivity index (χ3n) is 4.68. The van der Waals surface area contributed by atoms with E-state index in [1.54, 1.807) is 24.7 Å². The van der Waals surface area contributed by atoms with Crippen LogP contribution in [0.2, 0.25) is 0 Å². The Morgan fingerprint density at radius 1 is 1.04 bits per heavy atom. The number of hydrogen-bond acceptors (Lipinski definition) is 4. The summed E-state index contributed by atoms with van der Waals surface area (Å²) < 4.78 is 0. The fraction of sp³-hybridized carbons (Fsp3) is 0.190. The lowest BCUT2D eigenvalue weighted by Crippen LogP contribution is -2.30. The van der Waals surface area contributed by atoms with Gasteiger partial charge in [0.25, 0.3) is 5.91 Å². The maximum Gasteiger partial charge on any atom is 0.270 e. The van der Waals surface area contributed by atoms with E-state index in [0.717, 1.165) is 30.8 Å². The van der Waals surface area contributed by atoms with E-state index >= 15 is 0 Å². The van der Waals surface area contributed by atoms with Crippen molar-refractivity contribution in [1.82, 2.24) is 15.3 Å². The summed E-state index contributed by atoms with van der Waals surface area (Å²) in [6.45, 7) is 2.31. The SMILES string of the molecule is O=C(NCc1ccncc1)c1ccc(N2CCc3ccccc3C2)cn1. The van der Waals surface area contributed by atoms with Crippen molar-refractivity contribution in [2.75, 3.05) is 11.4 Å². The molecule has 3 heterocycles. The Morgan fingerprint density at radius 2 is 1.85 bits per heavy atom. The summed E-state index contributed by atoms with van der Waals surface area (Å²) in [5.41, 5.74) is 5.27. The molecule has 1 N–H and O–H groups in total. The van der Waals surface area contributed by atoms with Crippen molar-refractivity contribution in [2.45, 2.75) is 19.5 Å². The first-order valence-corrected chi connectivity index (χ1v) is 8.74. The number of amides is 1. The van der Waals surface area contributed by atoms with Gasteiger partial charge >= 0.3 is 0 Å². The lowest BCUT2D eigenvalue weighted by Gasteiger charge is -2.30. The van der Waals surface area contributed by atoms with Gasteiger partial charge in [0, 0.05) is 32.0 Å². The van der Waals surface area contributed by atoms with Gasteiger partial charge in [0.1, 0.15) is 5.69 Å². The Kier molecular flexibility index (Phi) is 4.60. The van der Waals surface area contributed by atoms with Crippen LogP contribution in [-0.2, 0) is 19.5 Å². The van der Waals surface area contributed by atoms with Gasteiger partial charge in [-0.25, -0.2) is 4.98 Å². The number of nitrogens with zero attached hydrogens (tertiary/aromatic N) is 3. The molecule has 5 heteroatoms. The summed E-state index contributed by atoms with van der Waals surface area (Å²) in [5.74, 6) is -0.169. The molecule has 1 aliphatic rings. The molecule has 26 heavy (non-hydrogen) atoms. The second-order valence-electron chi connectivity index (χ2n) is 6.38. The lowest BCUT2D eigenvalue weighted by atomic mass is 10.00. The van der Waals surface area contributed by atoms with Crippen LogP contribution in [0.25, 0.3) is 0 Å². The lowest BCUT2D eigenvalue weighted by molar-refractivity contribution is 0.0946. The summed E-state index contributed by atoms with van der Waals surface area (Å²) in [7, 11) is 0. The van der Waals surface area contributed by atoms with Gasteiger partial charge in [-0.1, -0.05) is 24.3 Å².